The lowest BCUT2D eigenvalue weighted by molar-refractivity contribution is -0.139. The summed E-state index contributed by atoms with van der Waals surface area (Å²) >= 11 is 0. The second kappa shape index (κ2) is 7.81. The molecule has 0 radical (unpaired) electrons. The lowest BCUT2D eigenvalue weighted by Crippen LogP contribution is -2.30. The minimum Gasteiger partial charge on any atom is -0.495 e. The minimum atomic E-state index is -0.519. The van der Waals surface area contributed by atoms with Gasteiger partial charge in [0.25, 0.3) is 5.91 Å². The molecule has 0 atom stereocenters. The second-order valence-corrected chi connectivity index (χ2v) is 3.68. The van der Waals surface area contributed by atoms with Gasteiger partial charge in [0.2, 0.25) is 0 Å². The van der Waals surface area contributed by atoms with Crippen molar-refractivity contribution < 1.29 is 19.1 Å². The van der Waals surface area contributed by atoms with E-state index in [1.54, 1.807) is 18.2 Å². The highest BCUT2D eigenvalue weighted by Gasteiger charge is 2.10. The van der Waals surface area contributed by atoms with Crippen LogP contribution in [0.3, 0.4) is 0 Å². The van der Waals surface area contributed by atoms with Gasteiger partial charge in [0.15, 0.2) is 0 Å². The van der Waals surface area contributed by atoms with Crippen LogP contribution in [0, 0.1) is 11.8 Å². The molecule has 3 N–H and O–H groups in total. The van der Waals surface area contributed by atoms with E-state index in [0.29, 0.717) is 16.9 Å². The van der Waals surface area contributed by atoms with E-state index in [1.807, 2.05) is 0 Å². The number of carbonyl (C=O) groups is 2. The molecule has 0 aromatic heterocycles. The monoisotopic (exact) mass is 276 g/mol. The van der Waals surface area contributed by atoms with Gasteiger partial charge in [-0.3, -0.25) is 9.59 Å². The highest BCUT2D eigenvalue weighted by Crippen LogP contribution is 2.18. The zero-order valence-electron chi connectivity index (χ0n) is 11.4. The van der Waals surface area contributed by atoms with E-state index in [4.69, 9.17) is 10.5 Å². The van der Waals surface area contributed by atoms with Gasteiger partial charge in [0.05, 0.1) is 26.3 Å². The normalized spacial score (nSPS) is 9.15. The molecule has 0 heterocycles. The summed E-state index contributed by atoms with van der Waals surface area (Å²) in [4.78, 5) is 22.8. The number of rotatable bonds is 4. The Labute approximate surface area is 117 Å². The molecule has 1 amide bonds. The largest absolute Gasteiger partial charge is 0.495 e. The quantitative estimate of drug-likeness (QED) is 0.592. The minimum absolute atomic E-state index is 0.189. The van der Waals surface area contributed by atoms with Crippen LogP contribution in [0.2, 0.25) is 0 Å². The molecule has 0 aliphatic heterocycles. The first-order chi connectivity index (χ1) is 9.62. The zero-order chi connectivity index (χ0) is 15.0. The smallest absolute Gasteiger partial charge is 0.325 e. The summed E-state index contributed by atoms with van der Waals surface area (Å²) in [5, 5.41) is 2.44. The molecule has 0 spiro atoms. The lowest BCUT2D eigenvalue weighted by atomic mass is 10.1. The van der Waals surface area contributed by atoms with E-state index in [1.165, 1.54) is 14.2 Å². The van der Waals surface area contributed by atoms with Gasteiger partial charge in [-0.2, -0.15) is 0 Å². The van der Waals surface area contributed by atoms with Crippen molar-refractivity contribution in [2.24, 2.45) is 5.73 Å². The summed E-state index contributed by atoms with van der Waals surface area (Å²) in [5.41, 5.74) is 6.25. The highest BCUT2D eigenvalue weighted by atomic mass is 16.5. The van der Waals surface area contributed by atoms with Crippen molar-refractivity contribution in [1.29, 1.82) is 0 Å². The topological polar surface area (TPSA) is 90.6 Å². The van der Waals surface area contributed by atoms with Crippen molar-refractivity contribution in [3.05, 3.63) is 29.3 Å². The highest BCUT2D eigenvalue weighted by molar-refractivity contribution is 5.96. The maximum absolute atomic E-state index is 11.9. The fourth-order valence-corrected chi connectivity index (χ4v) is 1.42. The Kier molecular flexibility index (Phi) is 6.07. The van der Waals surface area contributed by atoms with E-state index in [0.717, 1.165) is 0 Å². The molecular weight excluding hydrogens is 260 g/mol. The number of hydrogen-bond acceptors (Lipinski definition) is 5. The number of methoxy groups -OCH3 is 2. The van der Waals surface area contributed by atoms with Gasteiger partial charge < -0.3 is 20.5 Å². The van der Waals surface area contributed by atoms with Gasteiger partial charge in [-0.25, -0.2) is 0 Å². The summed E-state index contributed by atoms with van der Waals surface area (Å²) in [6.07, 6.45) is 0. The molecule has 1 rings (SSSR count). The van der Waals surface area contributed by atoms with Gasteiger partial charge in [-0.1, -0.05) is 11.8 Å². The Morgan fingerprint density at radius 3 is 2.70 bits per heavy atom. The first kappa shape index (κ1) is 15.5. The maximum atomic E-state index is 11.9. The van der Waals surface area contributed by atoms with E-state index in [9.17, 15) is 9.59 Å². The molecule has 0 saturated carbocycles. The molecular formula is C14H16N2O4. The van der Waals surface area contributed by atoms with Crippen molar-refractivity contribution >= 4 is 11.9 Å². The van der Waals surface area contributed by atoms with Crippen molar-refractivity contribution in [2.45, 2.75) is 0 Å². The summed E-state index contributed by atoms with van der Waals surface area (Å²) < 4.78 is 9.58. The number of ether oxygens (including phenoxy) is 2. The molecule has 20 heavy (non-hydrogen) atoms. The fourth-order valence-electron chi connectivity index (χ4n) is 1.42. The van der Waals surface area contributed by atoms with Crippen LogP contribution in [0.1, 0.15) is 15.9 Å². The second-order valence-electron chi connectivity index (χ2n) is 3.68. The Balaban J connectivity index is 2.90. The van der Waals surface area contributed by atoms with Gasteiger partial charge in [0.1, 0.15) is 12.3 Å². The van der Waals surface area contributed by atoms with Crippen LogP contribution in [0.5, 0.6) is 5.75 Å². The summed E-state index contributed by atoms with van der Waals surface area (Å²) in [7, 11) is 2.77. The third-order valence-electron chi connectivity index (χ3n) is 2.41. The van der Waals surface area contributed by atoms with Crippen LogP contribution in [0.4, 0.5) is 0 Å². The standard InChI is InChI=1S/C14H16N2O4/c1-19-12-6-5-11(8-10(12)4-3-7-15)14(18)16-9-13(17)20-2/h5-6,8H,7,9,15H2,1-2H3,(H,16,18). The SMILES string of the molecule is COC(=O)CNC(=O)c1ccc(OC)c(C#CCN)c1. The fraction of sp³-hybridized carbons (Fsp3) is 0.286. The third kappa shape index (κ3) is 4.30. The maximum Gasteiger partial charge on any atom is 0.325 e. The number of esters is 1. The molecule has 0 unspecified atom stereocenters. The van der Waals surface area contributed by atoms with Gasteiger partial charge in [-0.15, -0.1) is 0 Å². The molecule has 6 nitrogen and oxygen atoms in total. The molecule has 0 bridgehead atoms. The number of hydrogen-bond donors (Lipinski definition) is 2. The number of amides is 1. The van der Waals surface area contributed by atoms with Crippen LogP contribution < -0.4 is 15.8 Å². The summed E-state index contributed by atoms with van der Waals surface area (Å²) in [6, 6.07) is 4.79. The molecule has 0 saturated heterocycles. The van der Waals surface area contributed by atoms with E-state index in [-0.39, 0.29) is 13.1 Å². The third-order valence-corrected chi connectivity index (χ3v) is 2.41. The average molecular weight is 276 g/mol. The van der Waals surface area contributed by atoms with Crippen molar-refractivity contribution in [1.82, 2.24) is 5.32 Å². The zero-order valence-corrected chi connectivity index (χ0v) is 11.4. The molecule has 1 aromatic rings. The Morgan fingerprint density at radius 2 is 2.10 bits per heavy atom. The molecule has 0 aliphatic rings. The molecule has 6 heteroatoms. The summed E-state index contributed by atoms with van der Waals surface area (Å²) in [6.45, 7) is 0.0209. The molecule has 0 aliphatic carbocycles. The van der Waals surface area contributed by atoms with Crippen LogP contribution in [0.15, 0.2) is 18.2 Å². The molecule has 0 fully saturated rings. The Morgan fingerprint density at radius 1 is 1.35 bits per heavy atom. The predicted octanol–water partition coefficient (Wildman–Crippen LogP) is -0.0918. The molecule has 106 valence electrons. The van der Waals surface area contributed by atoms with E-state index < -0.39 is 11.9 Å². The summed E-state index contributed by atoms with van der Waals surface area (Å²) in [5.74, 6) is 5.16. The number of nitrogens with one attached hydrogen (secondary N) is 1. The van der Waals surface area contributed by atoms with E-state index in [2.05, 4.69) is 21.9 Å². The number of nitrogens with two attached hydrogens (primary N) is 1. The van der Waals surface area contributed by atoms with Crippen molar-refractivity contribution in [2.75, 3.05) is 27.3 Å². The average Bonchev–Trinajstić information content (AvgIpc) is 2.49. The Bertz CT molecular complexity index is 558. The van der Waals surface area contributed by atoms with Crippen LogP contribution in [-0.4, -0.2) is 39.2 Å². The van der Waals surface area contributed by atoms with E-state index >= 15 is 0 Å². The lowest BCUT2D eigenvalue weighted by Gasteiger charge is -2.07. The van der Waals surface area contributed by atoms with Crippen molar-refractivity contribution in [3.63, 3.8) is 0 Å². The van der Waals surface area contributed by atoms with Crippen molar-refractivity contribution in [3.8, 4) is 17.6 Å². The van der Waals surface area contributed by atoms with Gasteiger partial charge >= 0.3 is 5.97 Å². The molecule has 1 aromatic carbocycles. The van der Waals surface area contributed by atoms with Crippen LogP contribution in [0.25, 0.3) is 0 Å². The predicted molar refractivity (Wildman–Crippen MR) is 73.3 cm³/mol. The van der Waals surface area contributed by atoms with Crippen LogP contribution in [-0.2, 0) is 9.53 Å². The number of carbonyl (C=O) groups excluding carboxylic acids is 2. The first-order valence-corrected chi connectivity index (χ1v) is 5.84. The van der Waals surface area contributed by atoms with Crippen LogP contribution >= 0.6 is 0 Å². The first-order valence-electron chi connectivity index (χ1n) is 5.84. The Hall–Kier alpha value is -2.52. The number of benzene rings is 1. The van der Waals surface area contributed by atoms with Gasteiger partial charge in [0, 0.05) is 5.56 Å². The van der Waals surface area contributed by atoms with Gasteiger partial charge in [-0.05, 0) is 18.2 Å².